The van der Waals surface area contributed by atoms with Gasteiger partial charge in [-0.25, -0.2) is 0 Å². The van der Waals surface area contributed by atoms with Crippen LogP contribution in [-0.4, -0.2) is 31.7 Å². The molecule has 138 valence electrons. The third-order valence-corrected chi connectivity index (χ3v) is 3.49. The molecule has 0 unspecified atom stereocenters. The molecule has 0 aliphatic rings. The van der Waals surface area contributed by atoms with Gasteiger partial charge in [-0.3, -0.25) is 4.79 Å². The first kappa shape index (κ1) is 20.6. The zero-order valence-electron chi connectivity index (χ0n) is 13.3. The Morgan fingerprint density at radius 1 is 1.28 bits per heavy atom. The van der Waals surface area contributed by atoms with E-state index >= 15 is 0 Å². The van der Waals surface area contributed by atoms with Crippen LogP contribution in [0.25, 0.3) is 0 Å². The number of amides is 1. The van der Waals surface area contributed by atoms with Gasteiger partial charge in [0.1, 0.15) is 6.04 Å². The lowest BCUT2D eigenvalue weighted by Gasteiger charge is -2.31. The van der Waals surface area contributed by atoms with Crippen molar-refractivity contribution in [2.24, 2.45) is 0 Å². The van der Waals surface area contributed by atoms with Crippen molar-refractivity contribution in [3.05, 3.63) is 29.3 Å². The Labute approximate surface area is 140 Å². The number of carbonyl (C=O) groups excluding carboxylic acids is 1. The largest absolute Gasteiger partial charge is 0.417 e. The fraction of sp³-hybridized carbons (Fsp3) is 0.467. The molecule has 1 rings (SSSR count). The second-order valence-corrected chi connectivity index (χ2v) is 5.19. The standard InChI is InChI=1S/C15H15F6N3O/c1-9(13(25)23-2)24(6-5-14(16,17)18)11-4-3-10(8-22)12(7-11)15(19,20)21/h3-4,7,9H,5-6H2,1-2H3,(H,23,25)/t9-/m0/s1. The van der Waals surface area contributed by atoms with Crippen molar-refractivity contribution in [2.45, 2.75) is 31.7 Å². The molecule has 0 aliphatic heterocycles. The Bertz CT molecular complexity index is 663. The van der Waals surface area contributed by atoms with E-state index in [1.165, 1.54) is 20.0 Å². The minimum absolute atomic E-state index is 0.230. The summed E-state index contributed by atoms with van der Waals surface area (Å²) in [6, 6.07) is 2.79. The molecular formula is C15H15F6N3O. The van der Waals surface area contributed by atoms with Crippen LogP contribution < -0.4 is 10.2 Å². The summed E-state index contributed by atoms with van der Waals surface area (Å²) in [5, 5.41) is 11.0. The summed E-state index contributed by atoms with van der Waals surface area (Å²) in [4.78, 5) is 12.7. The van der Waals surface area contributed by atoms with Gasteiger partial charge in [0.2, 0.25) is 5.91 Å². The van der Waals surface area contributed by atoms with Crippen molar-refractivity contribution in [3.8, 4) is 6.07 Å². The zero-order valence-corrected chi connectivity index (χ0v) is 13.3. The summed E-state index contributed by atoms with van der Waals surface area (Å²) in [5.41, 5.74) is -2.15. The number of anilines is 1. The first-order valence-corrected chi connectivity index (χ1v) is 7.07. The summed E-state index contributed by atoms with van der Waals surface area (Å²) in [7, 11) is 1.26. The molecule has 4 nitrogen and oxygen atoms in total. The van der Waals surface area contributed by atoms with E-state index in [2.05, 4.69) is 5.32 Å². The summed E-state index contributed by atoms with van der Waals surface area (Å²) in [5.74, 6) is -0.653. The predicted octanol–water partition coefficient (Wildman–Crippen LogP) is 3.47. The van der Waals surface area contributed by atoms with Crippen molar-refractivity contribution >= 4 is 11.6 Å². The normalized spacial score (nSPS) is 13.1. The van der Waals surface area contributed by atoms with Crippen LogP contribution >= 0.6 is 0 Å². The highest BCUT2D eigenvalue weighted by Crippen LogP contribution is 2.35. The number of nitrogens with zero attached hydrogens (tertiary/aromatic N) is 2. The van der Waals surface area contributed by atoms with Crippen molar-refractivity contribution in [1.29, 1.82) is 5.26 Å². The predicted molar refractivity (Wildman–Crippen MR) is 77.7 cm³/mol. The number of hydrogen-bond donors (Lipinski definition) is 1. The van der Waals surface area contributed by atoms with Crippen LogP contribution in [0.1, 0.15) is 24.5 Å². The quantitative estimate of drug-likeness (QED) is 0.811. The molecule has 1 aromatic carbocycles. The summed E-state index contributed by atoms with van der Waals surface area (Å²) in [6.45, 7) is 0.571. The minimum atomic E-state index is -4.85. The Morgan fingerprint density at radius 2 is 1.88 bits per heavy atom. The second kappa shape index (κ2) is 7.63. The molecule has 0 aliphatic carbocycles. The van der Waals surface area contributed by atoms with Crippen LogP contribution in [0.2, 0.25) is 0 Å². The SMILES string of the molecule is CNC(=O)[C@H](C)N(CCC(F)(F)F)c1ccc(C#N)c(C(F)(F)F)c1. The van der Waals surface area contributed by atoms with E-state index in [4.69, 9.17) is 5.26 Å². The molecule has 0 aromatic heterocycles. The number of alkyl halides is 6. The van der Waals surface area contributed by atoms with E-state index in [1.54, 1.807) is 0 Å². The topological polar surface area (TPSA) is 56.1 Å². The van der Waals surface area contributed by atoms with Crippen molar-refractivity contribution in [1.82, 2.24) is 5.32 Å². The van der Waals surface area contributed by atoms with Gasteiger partial charge in [0.25, 0.3) is 0 Å². The molecule has 0 heterocycles. The van der Waals surface area contributed by atoms with E-state index in [-0.39, 0.29) is 5.69 Å². The Hall–Kier alpha value is -2.44. The fourth-order valence-corrected chi connectivity index (χ4v) is 2.19. The third-order valence-electron chi connectivity index (χ3n) is 3.49. The molecule has 0 bridgehead atoms. The van der Waals surface area contributed by atoms with E-state index < -0.39 is 48.4 Å². The van der Waals surface area contributed by atoms with Crippen LogP contribution in [0.3, 0.4) is 0 Å². The summed E-state index contributed by atoms with van der Waals surface area (Å²) >= 11 is 0. The van der Waals surface area contributed by atoms with Crippen molar-refractivity contribution in [2.75, 3.05) is 18.5 Å². The van der Waals surface area contributed by atoms with Gasteiger partial charge in [-0.15, -0.1) is 0 Å². The highest BCUT2D eigenvalue weighted by Gasteiger charge is 2.35. The molecule has 0 fully saturated rings. The highest BCUT2D eigenvalue weighted by molar-refractivity contribution is 5.84. The Balaban J connectivity index is 3.34. The average Bonchev–Trinajstić information content (AvgIpc) is 2.51. The lowest BCUT2D eigenvalue weighted by Crippen LogP contribution is -2.45. The molecule has 1 aromatic rings. The number of halogens is 6. The number of nitrogens with one attached hydrogen (secondary N) is 1. The van der Waals surface area contributed by atoms with E-state index in [0.29, 0.717) is 6.07 Å². The van der Waals surface area contributed by atoms with Gasteiger partial charge in [0.05, 0.1) is 23.6 Å². The fourth-order valence-electron chi connectivity index (χ4n) is 2.19. The number of hydrogen-bond acceptors (Lipinski definition) is 3. The van der Waals surface area contributed by atoms with Gasteiger partial charge >= 0.3 is 12.4 Å². The molecule has 0 saturated heterocycles. The lowest BCUT2D eigenvalue weighted by molar-refractivity contribution is -0.138. The lowest BCUT2D eigenvalue weighted by atomic mass is 10.1. The first-order chi connectivity index (χ1) is 11.4. The van der Waals surface area contributed by atoms with Gasteiger partial charge < -0.3 is 10.2 Å². The smallest absolute Gasteiger partial charge is 0.359 e. The van der Waals surface area contributed by atoms with Crippen LogP contribution in [0, 0.1) is 11.3 Å². The van der Waals surface area contributed by atoms with E-state index in [9.17, 15) is 31.1 Å². The molecule has 0 radical (unpaired) electrons. The maximum atomic E-state index is 13.1. The number of rotatable bonds is 5. The first-order valence-electron chi connectivity index (χ1n) is 7.07. The van der Waals surface area contributed by atoms with E-state index in [1.807, 2.05) is 0 Å². The molecular weight excluding hydrogens is 352 g/mol. The van der Waals surface area contributed by atoms with Gasteiger partial charge in [-0.2, -0.15) is 31.6 Å². The number of likely N-dealkylation sites (N-methyl/N-ethyl adjacent to an activating group) is 1. The molecule has 1 atom stereocenters. The van der Waals surface area contributed by atoms with Gasteiger partial charge in [0.15, 0.2) is 0 Å². The van der Waals surface area contributed by atoms with Crippen molar-refractivity contribution in [3.63, 3.8) is 0 Å². The van der Waals surface area contributed by atoms with Crippen LogP contribution in [0.5, 0.6) is 0 Å². The maximum absolute atomic E-state index is 13.1. The number of carbonyl (C=O) groups is 1. The van der Waals surface area contributed by atoms with Gasteiger partial charge in [-0.05, 0) is 25.1 Å². The molecule has 1 amide bonds. The molecule has 25 heavy (non-hydrogen) atoms. The molecule has 0 spiro atoms. The summed E-state index contributed by atoms with van der Waals surface area (Å²) < 4.78 is 76.7. The van der Waals surface area contributed by atoms with Gasteiger partial charge in [0, 0.05) is 19.3 Å². The Kier molecular flexibility index (Phi) is 6.29. The second-order valence-electron chi connectivity index (χ2n) is 5.19. The van der Waals surface area contributed by atoms with Crippen LogP contribution in [0.15, 0.2) is 18.2 Å². The van der Waals surface area contributed by atoms with Crippen LogP contribution in [-0.2, 0) is 11.0 Å². The Morgan fingerprint density at radius 3 is 2.32 bits per heavy atom. The zero-order chi connectivity index (χ0) is 19.4. The molecule has 10 heteroatoms. The van der Waals surface area contributed by atoms with Gasteiger partial charge in [-0.1, -0.05) is 0 Å². The molecule has 0 saturated carbocycles. The highest BCUT2D eigenvalue weighted by atomic mass is 19.4. The van der Waals surface area contributed by atoms with E-state index in [0.717, 1.165) is 17.0 Å². The number of nitriles is 1. The summed E-state index contributed by atoms with van der Waals surface area (Å²) in [6.07, 6.45) is -10.7. The maximum Gasteiger partial charge on any atom is 0.417 e. The van der Waals surface area contributed by atoms with Crippen molar-refractivity contribution < 1.29 is 31.1 Å². The molecule has 1 N–H and O–H groups in total. The van der Waals surface area contributed by atoms with Crippen LogP contribution in [0.4, 0.5) is 32.0 Å². The monoisotopic (exact) mass is 367 g/mol. The number of benzene rings is 1. The third kappa shape index (κ3) is 5.55. The average molecular weight is 367 g/mol. The minimum Gasteiger partial charge on any atom is -0.359 e.